The third-order valence-electron chi connectivity index (χ3n) is 2.25. The van der Waals surface area contributed by atoms with Crippen LogP contribution in [0.3, 0.4) is 0 Å². The van der Waals surface area contributed by atoms with Gasteiger partial charge in [-0.3, -0.25) is 9.78 Å². The van der Waals surface area contributed by atoms with Gasteiger partial charge in [0, 0.05) is 19.3 Å². The van der Waals surface area contributed by atoms with Crippen molar-refractivity contribution in [2.24, 2.45) is 5.92 Å². The summed E-state index contributed by atoms with van der Waals surface area (Å²) in [4.78, 5) is 15.0. The number of hydrogen-bond donors (Lipinski definition) is 2. The summed E-state index contributed by atoms with van der Waals surface area (Å²) in [5, 5.41) is 11.1. The Hall–Kier alpha value is -1.63. The fourth-order valence-corrected chi connectivity index (χ4v) is 1.23. The molecule has 0 aromatic carbocycles. The van der Waals surface area contributed by atoms with Crippen molar-refractivity contribution in [3.05, 3.63) is 29.6 Å². The summed E-state index contributed by atoms with van der Waals surface area (Å²) in [7, 11) is 0. The van der Waals surface area contributed by atoms with Crippen LogP contribution in [0, 0.1) is 5.92 Å². The summed E-state index contributed by atoms with van der Waals surface area (Å²) in [6.45, 7) is 1.58. The van der Waals surface area contributed by atoms with Gasteiger partial charge in [0.25, 0.3) is 5.91 Å². The van der Waals surface area contributed by atoms with Crippen molar-refractivity contribution < 1.29 is 23.1 Å². The second-order valence-corrected chi connectivity index (χ2v) is 3.90. The molecule has 1 aromatic heterocycles. The summed E-state index contributed by atoms with van der Waals surface area (Å²) < 4.78 is 37.8. The average molecular weight is 262 g/mol. The molecule has 1 rings (SSSR count). The molecule has 0 saturated carbocycles. The summed E-state index contributed by atoms with van der Waals surface area (Å²) in [5.41, 5.74) is -1.73. The number of amides is 1. The molecule has 1 amide bonds. The van der Waals surface area contributed by atoms with E-state index in [0.29, 0.717) is 0 Å². The van der Waals surface area contributed by atoms with E-state index in [9.17, 15) is 18.0 Å². The van der Waals surface area contributed by atoms with Crippen molar-refractivity contribution in [1.82, 2.24) is 10.3 Å². The summed E-state index contributed by atoms with van der Waals surface area (Å²) in [6, 6.07) is 1.92. The third kappa shape index (κ3) is 3.69. The van der Waals surface area contributed by atoms with Gasteiger partial charge in [0.1, 0.15) is 5.69 Å². The fraction of sp³-hybridized carbons (Fsp3) is 0.455. The van der Waals surface area contributed by atoms with Crippen LogP contribution in [0.2, 0.25) is 0 Å². The summed E-state index contributed by atoms with van der Waals surface area (Å²) in [5.74, 6) is -1.13. The quantitative estimate of drug-likeness (QED) is 0.863. The number of hydrogen-bond acceptors (Lipinski definition) is 3. The number of nitrogens with one attached hydrogen (secondary N) is 1. The van der Waals surface area contributed by atoms with Crippen LogP contribution in [-0.2, 0) is 6.18 Å². The van der Waals surface area contributed by atoms with Crippen LogP contribution in [-0.4, -0.2) is 29.1 Å². The Morgan fingerprint density at radius 3 is 2.78 bits per heavy atom. The zero-order valence-corrected chi connectivity index (χ0v) is 9.66. The highest BCUT2D eigenvalue weighted by atomic mass is 19.4. The number of aromatic nitrogens is 1. The SMILES string of the molecule is CC(CO)CNC(=O)c1ncccc1C(F)(F)F. The zero-order chi connectivity index (χ0) is 13.8. The molecular weight excluding hydrogens is 249 g/mol. The Kier molecular flexibility index (Phi) is 4.66. The number of halogens is 3. The molecule has 0 radical (unpaired) electrons. The van der Waals surface area contributed by atoms with E-state index in [-0.39, 0.29) is 19.1 Å². The molecule has 1 unspecified atom stereocenters. The van der Waals surface area contributed by atoms with Gasteiger partial charge in [-0.2, -0.15) is 13.2 Å². The van der Waals surface area contributed by atoms with Gasteiger partial charge in [0.2, 0.25) is 0 Å². The molecule has 0 aliphatic heterocycles. The monoisotopic (exact) mass is 262 g/mol. The van der Waals surface area contributed by atoms with Crippen LogP contribution in [0.1, 0.15) is 23.0 Å². The Balaban J connectivity index is 2.86. The molecule has 18 heavy (non-hydrogen) atoms. The van der Waals surface area contributed by atoms with Gasteiger partial charge < -0.3 is 10.4 Å². The standard InChI is InChI=1S/C11H13F3N2O2/c1-7(6-17)5-16-10(18)9-8(11(12,13)14)3-2-4-15-9/h2-4,7,17H,5-6H2,1H3,(H,16,18). The minimum atomic E-state index is -4.62. The number of nitrogens with zero attached hydrogens (tertiary/aromatic N) is 1. The number of aliphatic hydroxyl groups excluding tert-OH is 1. The lowest BCUT2D eigenvalue weighted by Crippen LogP contribution is -2.31. The van der Waals surface area contributed by atoms with Crippen LogP contribution < -0.4 is 5.32 Å². The predicted molar refractivity (Wildman–Crippen MR) is 57.8 cm³/mol. The molecule has 0 bridgehead atoms. The maximum absolute atomic E-state index is 12.6. The number of aliphatic hydroxyl groups is 1. The second kappa shape index (κ2) is 5.81. The lowest BCUT2D eigenvalue weighted by molar-refractivity contribution is -0.138. The summed E-state index contributed by atoms with van der Waals surface area (Å²) >= 11 is 0. The lowest BCUT2D eigenvalue weighted by atomic mass is 10.1. The van der Waals surface area contributed by atoms with E-state index in [2.05, 4.69) is 10.3 Å². The van der Waals surface area contributed by atoms with Gasteiger partial charge >= 0.3 is 6.18 Å². The normalized spacial score (nSPS) is 13.2. The average Bonchev–Trinajstić information content (AvgIpc) is 2.34. The van der Waals surface area contributed by atoms with Crippen molar-refractivity contribution in [2.75, 3.05) is 13.2 Å². The predicted octanol–water partition coefficient (Wildman–Crippen LogP) is 1.46. The van der Waals surface area contributed by atoms with E-state index < -0.39 is 23.3 Å². The highest BCUT2D eigenvalue weighted by molar-refractivity contribution is 5.93. The van der Waals surface area contributed by atoms with Crippen molar-refractivity contribution >= 4 is 5.91 Å². The minimum Gasteiger partial charge on any atom is -0.396 e. The molecule has 0 aliphatic rings. The van der Waals surface area contributed by atoms with Crippen molar-refractivity contribution in [3.63, 3.8) is 0 Å². The van der Waals surface area contributed by atoms with Crippen molar-refractivity contribution in [1.29, 1.82) is 0 Å². The molecule has 1 atom stereocenters. The zero-order valence-electron chi connectivity index (χ0n) is 9.66. The van der Waals surface area contributed by atoms with E-state index in [0.717, 1.165) is 18.3 Å². The first-order valence-electron chi connectivity index (χ1n) is 5.27. The van der Waals surface area contributed by atoms with Crippen LogP contribution in [0.15, 0.2) is 18.3 Å². The Bertz CT molecular complexity index is 421. The van der Waals surface area contributed by atoms with Crippen LogP contribution in [0.25, 0.3) is 0 Å². The van der Waals surface area contributed by atoms with Gasteiger partial charge in [-0.15, -0.1) is 0 Å². The molecule has 0 saturated heterocycles. The first kappa shape index (κ1) is 14.4. The molecule has 7 heteroatoms. The van der Waals surface area contributed by atoms with Gasteiger partial charge in [-0.25, -0.2) is 0 Å². The molecule has 100 valence electrons. The third-order valence-corrected chi connectivity index (χ3v) is 2.25. The molecular formula is C11H13F3N2O2. The second-order valence-electron chi connectivity index (χ2n) is 3.90. The smallest absolute Gasteiger partial charge is 0.396 e. The van der Waals surface area contributed by atoms with Crippen LogP contribution in [0.5, 0.6) is 0 Å². The lowest BCUT2D eigenvalue weighted by Gasteiger charge is -2.13. The van der Waals surface area contributed by atoms with Crippen LogP contribution >= 0.6 is 0 Å². The summed E-state index contributed by atoms with van der Waals surface area (Å²) in [6.07, 6.45) is -3.50. The Morgan fingerprint density at radius 1 is 1.56 bits per heavy atom. The van der Waals surface area contributed by atoms with Gasteiger partial charge in [-0.05, 0) is 18.1 Å². The van der Waals surface area contributed by atoms with Gasteiger partial charge in [0.05, 0.1) is 5.56 Å². The molecule has 4 nitrogen and oxygen atoms in total. The van der Waals surface area contributed by atoms with E-state index in [1.807, 2.05) is 0 Å². The highest BCUT2D eigenvalue weighted by Gasteiger charge is 2.35. The van der Waals surface area contributed by atoms with E-state index in [1.165, 1.54) is 0 Å². The van der Waals surface area contributed by atoms with Crippen molar-refractivity contribution in [2.45, 2.75) is 13.1 Å². The van der Waals surface area contributed by atoms with Gasteiger partial charge in [-0.1, -0.05) is 6.92 Å². The molecule has 1 aromatic rings. The maximum Gasteiger partial charge on any atom is 0.418 e. The number of alkyl halides is 3. The van der Waals surface area contributed by atoms with Crippen LogP contribution in [0.4, 0.5) is 13.2 Å². The number of pyridine rings is 1. The van der Waals surface area contributed by atoms with Crippen molar-refractivity contribution in [3.8, 4) is 0 Å². The first-order valence-corrected chi connectivity index (χ1v) is 5.27. The Morgan fingerprint density at radius 2 is 2.22 bits per heavy atom. The number of rotatable bonds is 4. The van der Waals surface area contributed by atoms with E-state index >= 15 is 0 Å². The topological polar surface area (TPSA) is 62.2 Å². The number of carbonyl (C=O) groups is 1. The number of carbonyl (C=O) groups excluding carboxylic acids is 1. The van der Waals surface area contributed by atoms with E-state index in [1.54, 1.807) is 6.92 Å². The molecule has 0 spiro atoms. The first-order chi connectivity index (χ1) is 8.36. The largest absolute Gasteiger partial charge is 0.418 e. The fourth-order valence-electron chi connectivity index (χ4n) is 1.23. The highest BCUT2D eigenvalue weighted by Crippen LogP contribution is 2.30. The molecule has 2 N–H and O–H groups in total. The minimum absolute atomic E-state index is 0.0865. The molecule has 0 fully saturated rings. The maximum atomic E-state index is 12.6. The Labute approximate surface area is 102 Å². The van der Waals surface area contributed by atoms with Gasteiger partial charge in [0.15, 0.2) is 0 Å². The van der Waals surface area contributed by atoms with E-state index in [4.69, 9.17) is 5.11 Å². The molecule has 0 aliphatic carbocycles. The molecule has 1 heterocycles.